The summed E-state index contributed by atoms with van der Waals surface area (Å²) in [6, 6.07) is 0. The van der Waals surface area contributed by atoms with Gasteiger partial charge in [-0.25, -0.2) is 0 Å². The molecule has 2 N–H and O–H groups in total. The van der Waals surface area contributed by atoms with Crippen molar-refractivity contribution < 1.29 is 5.11 Å². The van der Waals surface area contributed by atoms with E-state index in [1.165, 1.54) is 32.1 Å². The Morgan fingerprint density at radius 2 is 2.07 bits per heavy atom. The average molecular weight is 199 g/mol. The first-order chi connectivity index (χ1) is 6.86. The molecule has 1 fully saturated rings. The Morgan fingerprint density at radius 3 is 2.64 bits per heavy atom. The van der Waals surface area contributed by atoms with Gasteiger partial charge in [-0.1, -0.05) is 32.6 Å². The van der Waals surface area contributed by atoms with E-state index in [1.54, 1.807) is 0 Å². The van der Waals surface area contributed by atoms with Crippen molar-refractivity contribution in [3.8, 4) is 0 Å². The fourth-order valence-electron chi connectivity index (χ4n) is 2.25. The molecule has 0 aromatic heterocycles. The minimum atomic E-state index is 0.326. The maximum absolute atomic E-state index is 9.00. The molecule has 1 atom stereocenters. The lowest BCUT2D eigenvalue weighted by molar-refractivity contribution is 0.218. The third-order valence-electron chi connectivity index (χ3n) is 3.47. The predicted octanol–water partition coefficient (Wildman–Crippen LogP) is 2.17. The largest absolute Gasteiger partial charge is 0.396 e. The van der Waals surface area contributed by atoms with E-state index in [1.807, 2.05) is 0 Å². The van der Waals surface area contributed by atoms with Gasteiger partial charge in [-0.2, -0.15) is 0 Å². The molecule has 2 nitrogen and oxygen atoms in total. The van der Waals surface area contributed by atoms with Crippen LogP contribution in [0.25, 0.3) is 0 Å². The van der Waals surface area contributed by atoms with Crippen molar-refractivity contribution in [1.82, 2.24) is 5.32 Å². The van der Waals surface area contributed by atoms with Crippen LogP contribution in [0, 0.1) is 11.8 Å². The quantitative estimate of drug-likeness (QED) is 0.616. The molecule has 0 spiro atoms. The van der Waals surface area contributed by atoms with E-state index >= 15 is 0 Å². The monoisotopic (exact) mass is 199 g/mol. The summed E-state index contributed by atoms with van der Waals surface area (Å²) < 4.78 is 0. The Hall–Kier alpha value is -0.0800. The molecule has 0 aliphatic heterocycles. The van der Waals surface area contributed by atoms with Crippen LogP contribution in [-0.4, -0.2) is 24.8 Å². The Kier molecular flexibility index (Phi) is 6.20. The van der Waals surface area contributed by atoms with Crippen molar-refractivity contribution in [2.75, 3.05) is 19.7 Å². The van der Waals surface area contributed by atoms with Crippen LogP contribution in [0.1, 0.15) is 45.4 Å². The van der Waals surface area contributed by atoms with E-state index in [2.05, 4.69) is 12.2 Å². The summed E-state index contributed by atoms with van der Waals surface area (Å²) in [6.07, 6.45) is 8.18. The Labute approximate surface area is 88.1 Å². The van der Waals surface area contributed by atoms with Crippen LogP contribution >= 0.6 is 0 Å². The molecule has 1 aliphatic rings. The van der Waals surface area contributed by atoms with Crippen LogP contribution in [0.3, 0.4) is 0 Å². The zero-order valence-corrected chi connectivity index (χ0v) is 9.47. The first kappa shape index (κ1) is 12.0. The summed E-state index contributed by atoms with van der Waals surface area (Å²) in [5.74, 6) is 1.44. The van der Waals surface area contributed by atoms with Crippen LogP contribution < -0.4 is 5.32 Å². The van der Waals surface area contributed by atoms with E-state index in [4.69, 9.17) is 5.11 Å². The summed E-state index contributed by atoms with van der Waals surface area (Å²) in [7, 11) is 0. The topological polar surface area (TPSA) is 32.3 Å². The number of aliphatic hydroxyl groups is 1. The van der Waals surface area contributed by atoms with Gasteiger partial charge in [0.25, 0.3) is 0 Å². The van der Waals surface area contributed by atoms with Gasteiger partial charge in [0, 0.05) is 13.2 Å². The molecule has 1 unspecified atom stereocenters. The zero-order valence-electron chi connectivity index (χ0n) is 9.47. The fraction of sp³-hybridized carbons (Fsp3) is 1.00. The third-order valence-corrected chi connectivity index (χ3v) is 3.47. The standard InChI is InChI=1S/C12H25NO/c1-2-11(10-14)9-13-8-7-12-5-3-4-6-12/h11-14H,2-10H2,1H3. The van der Waals surface area contributed by atoms with Gasteiger partial charge in [-0.15, -0.1) is 0 Å². The average Bonchev–Trinajstić information content (AvgIpc) is 2.71. The molecular formula is C12H25NO. The molecule has 1 aliphatic carbocycles. The van der Waals surface area contributed by atoms with Gasteiger partial charge in [-0.05, 0) is 31.2 Å². The lowest BCUT2D eigenvalue weighted by Crippen LogP contribution is -2.26. The lowest BCUT2D eigenvalue weighted by atomic mass is 10.0. The maximum atomic E-state index is 9.00. The molecule has 84 valence electrons. The van der Waals surface area contributed by atoms with Crippen LogP contribution in [0.4, 0.5) is 0 Å². The van der Waals surface area contributed by atoms with Crippen molar-refractivity contribution in [3.63, 3.8) is 0 Å². The van der Waals surface area contributed by atoms with E-state index in [-0.39, 0.29) is 0 Å². The van der Waals surface area contributed by atoms with Gasteiger partial charge in [0.05, 0.1) is 0 Å². The number of hydrogen-bond acceptors (Lipinski definition) is 2. The van der Waals surface area contributed by atoms with Gasteiger partial charge in [-0.3, -0.25) is 0 Å². The first-order valence-electron chi connectivity index (χ1n) is 6.18. The van der Waals surface area contributed by atoms with Crippen molar-refractivity contribution >= 4 is 0 Å². The summed E-state index contributed by atoms with van der Waals surface area (Å²) in [5, 5.41) is 12.5. The summed E-state index contributed by atoms with van der Waals surface area (Å²) >= 11 is 0. The number of nitrogens with one attached hydrogen (secondary N) is 1. The molecule has 0 heterocycles. The van der Waals surface area contributed by atoms with Gasteiger partial charge < -0.3 is 10.4 Å². The molecule has 2 heteroatoms. The maximum Gasteiger partial charge on any atom is 0.0471 e. The second-order valence-electron chi connectivity index (χ2n) is 4.60. The van der Waals surface area contributed by atoms with Crippen molar-refractivity contribution in [2.24, 2.45) is 11.8 Å². The SMILES string of the molecule is CCC(CO)CNCCC1CCCC1. The highest BCUT2D eigenvalue weighted by Crippen LogP contribution is 2.26. The van der Waals surface area contributed by atoms with Crippen molar-refractivity contribution in [2.45, 2.75) is 45.4 Å². The number of aliphatic hydroxyl groups excluding tert-OH is 1. The second-order valence-corrected chi connectivity index (χ2v) is 4.60. The number of rotatable bonds is 7. The Bertz CT molecular complexity index is 124. The van der Waals surface area contributed by atoms with Gasteiger partial charge in [0.2, 0.25) is 0 Å². The van der Waals surface area contributed by atoms with Crippen LogP contribution in [0.2, 0.25) is 0 Å². The molecule has 0 amide bonds. The molecule has 0 radical (unpaired) electrons. The zero-order chi connectivity index (χ0) is 10.2. The van der Waals surface area contributed by atoms with E-state index in [0.717, 1.165) is 25.4 Å². The third kappa shape index (κ3) is 4.43. The van der Waals surface area contributed by atoms with Crippen LogP contribution in [-0.2, 0) is 0 Å². The molecule has 1 rings (SSSR count). The van der Waals surface area contributed by atoms with Gasteiger partial charge >= 0.3 is 0 Å². The van der Waals surface area contributed by atoms with Crippen LogP contribution in [0.15, 0.2) is 0 Å². The van der Waals surface area contributed by atoms with Gasteiger partial charge in [0.1, 0.15) is 0 Å². The Balaban J connectivity index is 1.92. The van der Waals surface area contributed by atoms with E-state index < -0.39 is 0 Å². The van der Waals surface area contributed by atoms with Crippen molar-refractivity contribution in [3.05, 3.63) is 0 Å². The van der Waals surface area contributed by atoms with Crippen LogP contribution in [0.5, 0.6) is 0 Å². The smallest absolute Gasteiger partial charge is 0.0471 e. The molecule has 0 saturated heterocycles. The highest BCUT2D eigenvalue weighted by atomic mass is 16.3. The highest BCUT2D eigenvalue weighted by Gasteiger charge is 2.14. The molecule has 0 aromatic carbocycles. The first-order valence-corrected chi connectivity index (χ1v) is 6.18. The van der Waals surface area contributed by atoms with E-state index in [0.29, 0.717) is 12.5 Å². The molecule has 0 aromatic rings. The molecular weight excluding hydrogens is 174 g/mol. The summed E-state index contributed by atoms with van der Waals surface area (Å²) in [5.41, 5.74) is 0. The highest BCUT2D eigenvalue weighted by molar-refractivity contribution is 4.68. The van der Waals surface area contributed by atoms with E-state index in [9.17, 15) is 0 Å². The molecule has 1 saturated carbocycles. The fourth-order valence-corrected chi connectivity index (χ4v) is 2.25. The Morgan fingerprint density at radius 1 is 1.36 bits per heavy atom. The van der Waals surface area contributed by atoms with Gasteiger partial charge in [0.15, 0.2) is 0 Å². The minimum Gasteiger partial charge on any atom is -0.396 e. The second kappa shape index (κ2) is 7.24. The summed E-state index contributed by atoms with van der Waals surface area (Å²) in [6.45, 7) is 4.59. The molecule has 14 heavy (non-hydrogen) atoms. The molecule has 0 bridgehead atoms. The minimum absolute atomic E-state index is 0.326. The predicted molar refractivity (Wildman–Crippen MR) is 60.3 cm³/mol. The normalized spacial score (nSPS) is 20.1. The van der Waals surface area contributed by atoms with Crippen molar-refractivity contribution in [1.29, 1.82) is 0 Å². The lowest BCUT2D eigenvalue weighted by Gasteiger charge is -2.14. The number of hydrogen-bond donors (Lipinski definition) is 2. The summed E-state index contributed by atoms with van der Waals surface area (Å²) in [4.78, 5) is 0.